The fourth-order valence-corrected chi connectivity index (χ4v) is 1.75. The SMILES string of the molecule is Cc1cc(C)cc(Oc2cc(C(F)(F)F)nc(N)n2)c1. The van der Waals surface area contributed by atoms with E-state index in [0.29, 0.717) is 11.8 Å². The first-order valence-corrected chi connectivity index (χ1v) is 5.72. The molecular weight excluding hydrogens is 271 g/mol. The number of benzene rings is 1. The normalized spacial score (nSPS) is 11.4. The quantitative estimate of drug-likeness (QED) is 0.916. The maximum absolute atomic E-state index is 12.6. The van der Waals surface area contributed by atoms with Crippen LogP contribution >= 0.6 is 0 Å². The smallest absolute Gasteiger partial charge is 0.433 e. The van der Waals surface area contributed by atoms with Crippen molar-refractivity contribution in [2.75, 3.05) is 5.73 Å². The summed E-state index contributed by atoms with van der Waals surface area (Å²) in [6, 6.07) is 6.02. The molecule has 1 heterocycles. The van der Waals surface area contributed by atoms with Crippen LogP contribution in [0.4, 0.5) is 19.1 Å². The summed E-state index contributed by atoms with van der Waals surface area (Å²) in [6.07, 6.45) is -4.60. The highest BCUT2D eigenvalue weighted by atomic mass is 19.4. The minimum atomic E-state index is -4.60. The van der Waals surface area contributed by atoms with Crippen LogP contribution in [-0.2, 0) is 6.18 Å². The maximum Gasteiger partial charge on any atom is 0.433 e. The van der Waals surface area contributed by atoms with Crippen molar-refractivity contribution < 1.29 is 17.9 Å². The molecule has 0 atom stereocenters. The van der Waals surface area contributed by atoms with Crippen LogP contribution in [0.15, 0.2) is 24.3 Å². The number of alkyl halides is 3. The second kappa shape index (κ2) is 4.99. The Morgan fingerprint density at radius 1 is 1.00 bits per heavy atom. The van der Waals surface area contributed by atoms with Crippen molar-refractivity contribution in [1.82, 2.24) is 9.97 Å². The zero-order valence-electron chi connectivity index (χ0n) is 10.8. The number of aryl methyl sites for hydroxylation is 2. The molecule has 0 aliphatic carbocycles. The molecule has 20 heavy (non-hydrogen) atoms. The lowest BCUT2D eigenvalue weighted by atomic mass is 10.1. The number of rotatable bonds is 2. The number of halogens is 3. The lowest BCUT2D eigenvalue weighted by Gasteiger charge is -2.10. The Bertz CT molecular complexity index is 621. The average molecular weight is 283 g/mol. The van der Waals surface area contributed by atoms with Gasteiger partial charge in [0.1, 0.15) is 5.75 Å². The molecule has 0 amide bonds. The van der Waals surface area contributed by atoms with E-state index in [1.54, 1.807) is 12.1 Å². The van der Waals surface area contributed by atoms with E-state index in [1.807, 2.05) is 19.9 Å². The molecule has 1 aromatic carbocycles. The van der Waals surface area contributed by atoms with Crippen LogP contribution in [0.2, 0.25) is 0 Å². The number of anilines is 1. The maximum atomic E-state index is 12.6. The Morgan fingerprint density at radius 2 is 1.60 bits per heavy atom. The van der Waals surface area contributed by atoms with Crippen LogP contribution in [0.3, 0.4) is 0 Å². The molecule has 4 nitrogen and oxygen atoms in total. The minimum absolute atomic E-state index is 0.241. The zero-order chi connectivity index (χ0) is 14.9. The first kappa shape index (κ1) is 14.1. The van der Waals surface area contributed by atoms with Crippen molar-refractivity contribution >= 4 is 5.95 Å². The topological polar surface area (TPSA) is 61.0 Å². The number of nitrogens with two attached hydrogens (primary N) is 1. The highest BCUT2D eigenvalue weighted by Crippen LogP contribution is 2.31. The predicted molar refractivity (Wildman–Crippen MR) is 67.4 cm³/mol. The van der Waals surface area contributed by atoms with E-state index in [9.17, 15) is 13.2 Å². The molecule has 0 saturated carbocycles. The second-order valence-corrected chi connectivity index (χ2v) is 4.37. The third-order valence-corrected chi connectivity index (χ3v) is 2.43. The van der Waals surface area contributed by atoms with Gasteiger partial charge in [-0.15, -0.1) is 0 Å². The summed E-state index contributed by atoms with van der Waals surface area (Å²) in [4.78, 5) is 6.79. The molecule has 0 spiro atoms. The molecule has 0 radical (unpaired) electrons. The number of ether oxygens (including phenoxy) is 1. The van der Waals surface area contributed by atoms with Gasteiger partial charge in [-0.2, -0.15) is 18.2 Å². The van der Waals surface area contributed by atoms with Crippen molar-refractivity contribution in [3.05, 3.63) is 41.1 Å². The Kier molecular flexibility index (Phi) is 3.52. The monoisotopic (exact) mass is 283 g/mol. The van der Waals surface area contributed by atoms with Gasteiger partial charge in [0.15, 0.2) is 5.69 Å². The number of hydrogen-bond acceptors (Lipinski definition) is 4. The van der Waals surface area contributed by atoms with Crippen LogP contribution in [0.5, 0.6) is 11.6 Å². The average Bonchev–Trinajstić information content (AvgIpc) is 2.25. The van der Waals surface area contributed by atoms with E-state index in [-0.39, 0.29) is 5.88 Å². The molecule has 7 heteroatoms. The molecule has 0 aliphatic heterocycles. The third kappa shape index (κ3) is 3.37. The fraction of sp³-hybridized carbons (Fsp3) is 0.231. The summed E-state index contributed by atoms with van der Waals surface area (Å²) in [7, 11) is 0. The highest BCUT2D eigenvalue weighted by Gasteiger charge is 2.33. The molecule has 0 unspecified atom stereocenters. The third-order valence-electron chi connectivity index (χ3n) is 2.43. The summed E-state index contributed by atoms with van der Waals surface area (Å²) in [5, 5.41) is 0. The van der Waals surface area contributed by atoms with Gasteiger partial charge in [0.25, 0.3) is 0 Å². The van der Waals surface area contributed by atoms with Crippen molar-refractivity contribution in [3.63, 3.8) is 0 Å². The van der Waals surface area contributed by atoms with E-state index < -0.39 is 17.8 Å². The highest BCUT2D eigenvalue weighted by molar-refractivity contribution is 5.37. The summed E-state index contributed by atoms with van der Waals surface area (Å²) in [6.45, 7) is 3.71. The number of nitrogen functional groups attached to an aromatic ring is 1. The van der Waals surface area contributed by atoms with Crippen molar-refractivity contribution in [2.45, 2.75) is 20.0 Å². The summed E-state index contributed by atoms with van der Waals surface area (Å²) >= 11 is 0. The van der Waals surface area contributed by atoms with Crippen LogP contribution < -0.4 is 10.5 Å². The van der Waals surface area contributed by atoms with Crippen LogP contribution in [-0.4, -0.2) is 9.97 Å². The summed E-state index contributed by atoms with van der Waals surface area (Å²) in [5.74, 6) is -0.331. The first-order valence-electron chi connectivity index (χ1n) is 5.72. The number of nitrogens with zero attached hydrogens (tertiary/aromatic N) is 2. The van der Waals surface area contributed by atoms with Crippen LogP contribution in [0, 0.1) is 13.8 Å². The predicted octanol–water partition coefficient (Wildman–Crippen LogP) is 3.49. The fourth-order valence-electron chi connectivity index (χ4n) is 1.75. The minimum Gasteiger partial charge on any atom is -0.439 e. The molecule has 0 saturated heterocycles. The van der Waals surface area contributed by atoms with Gasteiger partial charge in [0.2, 0.25) is 11.8 Å². The van der Waals surface area contributed by atoms with Gasteiger partial charge in [-0.1, -0.05) is 6.07 Å². The Labute approximate surface area is 113 Å². The lowest BCUT2D eigenvalue weighted by molar-refractivity contribution is -0.141. The van der Waals surface area contributed by atoms with E-state index in [1.165, 1.54) is 0 Å². The second-order valence-electron chi connectivity index (χ2n) is 4.37. The Hall–Kier alpha value is -2.31. The van der Waals surface area contributed by atoms with Crippen LogP contribution in [0.25, 0.3) is 0 Å². The lowest BCUT2D eigenvalue weighted by Crippen LogP contribution is -2.11. The summed E-state index contributed by atoms with van der Waals surface area (Å²) in [5.41, 5.74) is 5.99. The van der Waals surface area contributed by atoms with E-state index in [2.05, 4.69) is 9.97 Å². The Balaban J connectivity index is 2.36. The van der Waals surface area contributed by atoms with E-state index in [0.717, 1.165) is 11.1 Å². The molecular formula is C13H12F3N3O. The van der Waals surface area contributed by atoms with Gasteiger partial charge in [-0.05, 0) is 37.1 Å². The van der Waals surface area contributed by atoms with Gasteiger partial charge in [0.05, 0.1) is 0 Å². The van der Waals surface area contributed by atoms with Gasteiger partial charge in [0, 0.05) is 6.07 Å². The molecule has 0 aliphatic rings. The standard InChI is InChI=1S/C13H12F3N3O/c1-7-3-8(2)5-9(4-7)20-11-6-10(13(14,15)16)18-12(17)19-11/h3-6H,1-2H3,(H2,17,18,19). The van der Waals surface area contributed by atoms with Crippen molar-refractivity contribution in [1.29, 1.82) is 0 Å². The van der Waals surface area contributed by atoms with E-state index in [4.69, 9.17) is 10.5 Å². The van der Waals surface area contributed by atoms with Gasteiger partial charge < -0.3 is 10.5 Å². The molecule has 2 N–H and O–H groups in total. The van der Waals surface area contributed by atoms with Crippen molar-refractivity contribution in [2.24, 2.45) is 0 Å². The van der Waals surface area contributed by atoms with Gasteiger partial charge in [-0.3, -0.25) is 0 Å². The van der Waals surface area contributed by atoms with Crippen molar-refractivity contribution in [3.8, 4) is 11.6 Å². The molecule has 0 bridgehead atoms. The number of hydrogen-bond donors (Lipinski definition) is 1. The molecule has 2 aromatic rings. The molecule has 106 valence electrons. The zero-order valence-corrected chi connectivity index (χ0v) is 10.8. The molecule has 1 aromatic heterocycles. The van der Waals surface area contributed by atoms with E-state index >= 15 is 0 Å². The largest absolute Gasteiger partial charge is 0.439 e. The first-order chi connectivity index (χ1) is 9.24. The van der Waals surface area contributed by atoms with Gasteiger partial charge in [-0.25, -0.2) is 4.98 Å². The molecule has 2 rings (SSSR count). The van der Waals surface area contributed by atoms with Crippen LogP contribution in [0.1, 0.15) is 16.8 Å². The number of aromatic nitrogens is 2. The molecule has 0 fully saturated rings. The summed E-state index contributed by atoms with van der Waals surface area (Å²) < 4.78 is 43.2. The van der Waals surface area contributed by atoms with Gasteiger partial charge >= 0.3 is 6.18 Å². The Morgan fingerprint density at radius 3 is 2.15 bits per heavy atom.